The monoisotopic (exact) mass is 200 g/mol. The largest absolute Gasteiger partial charge is 0.369 e. The third-order valence-electron chi connectivity index (χ3n) is 1.56. The maximum atomic E-state index is 10.5. The van der Waals surface area contributed by atoms with Crippen LogP contribution in [0.15, 0.2) is 5.16 Å². The third-order valence-corrected chi connectivity index (χ3v) is 2.55. The second-order valence-corrected chi connectivity index (χ2v) is 3.47. The van der Waals surface area contributed by atoms with Crippen LogP contribution in [0.5, 0.6) is 0 Å². The first-order valence-electron chi connectivity index (χ1n) is 3.96. The number of nitrogens with zero attached hydrogens (tertiary/aromatic N) is 3. The van der Waals surface area contributed by atoms with Gasteiger partial charge in [0.2, 0.25) is 5.91 Å². The molecule has 2 N–H and O–H groups in total. The van der Waals surface area contributed by atoms with Crippen molar-refractivity contribution in [3.05, 3.63) is 5.82 Å². The number of amides is 1. The lowest BCUT2D eigenvalue weighted by Gasteiger charge is -2.02. The molecule has 0 saturated carbocycles. The van der Waals surface area contributed by atoms with Crippen LogP contribution in [0.25, 0.3) is 0 Å². The number of rotatable bonds is 4. The smallest absolute Gasteiger partial charge is 0.227 e. The molecule has 0 bridgehead atoms. The standard InChI is InChI=1S/C7H12N4OS/c1-3-11-5(2)9-10-7(11)13-4-6(8)12/h3-4H2,1-2H3,(H2,8,12). The van der Waals surface area contributed by atoms with Crippen molar-refractivity contribution in [2.75, 3.05) is 5.75 Å². The van der Waals surface area contributed by atoms with Crippen molar-refractivity contribution in [1.29, 1.82) is 0 Å². The van der Waals surface area contributed by atoms with Gasteiger partial charge in [-0.05, 0) is 13.8 Å². The lowest BCUT2D eigenvalue weighted by molar-refractivity contribution is -0.115. The van der Waals surface area contributed by atoms with E-state index in [2.05, 4.69) is 10.2 Å². The van der Waals surface area contributed by atoms with Gasteiger partial charge in [-0.1, -0.05) is 11.8 Å². The summed E-state index contributed by atoms with van der Waals surface area (Å²) in [4.78, 5) is 10.5. The average molecular weight is 200 g/mol. The van der Waals surface area contributed by atoms with Gasteiger partial charge < -0.3 is 10.3 Å². The van der Waals surface area contributed by atoms with Crippen molar-refractivity contribution >= 4 is 17.7 Å². The second-order valence-electron chi connectivity index (χ2n) is 2.53. The highest BCUT2D eigenvalue weighted by atomic mass is 32.2. The zero-order chi connectivity index (χ0) is 9.84. The Morgan fingerprint density at radius 1 is 1.62 bits per heavy atom. The molecule has 1 amide bonds. The Morgan fingerprint density at radius 2 is 2.31 bits per heavy atom. The topological polar surface area (TPSA) is 73.8 Å². The van der Waals surface area contributed by atoms with E-state index in [1.165, 1.54) is 11.8 Å². The molecule has 1 aromatic heterocycles. The zero-order valence-corrected chi connectivity index (χ0v) is 8.47. The fourth-order valence-electron chi connectivity index (χ4n) is 0.968. The summed E-state index contributed by atoms with van der Waals surface area (Å²) >= 11 is 1.32. The van der Waals surface area contributed by atoms with Crippen LogP contribution in [0, 0.1) is 6.92 Å². The van der Waals surface area contributed by atoms with Crippen molar-refractivity contribution in [3.63, 3.8) is 0 Å². The fraction of sp³-hybridized carbons (Fsp3) is 0.571. The lowest BCUT2D eigenvalue weighted by atomic mass is 10.6. The van der Waals surface area contributed by atoms with Crippen LogP contribution < -0.4 is 5.73 Å². The summed E-state index contributed by atoms with van der Waals surface area (Å²) in [5.41, 5.74) is 5.02. The molecule has 0 aliphatic heterocycles. The zero-order valence-electron chi connectivity index (χ0n) is 7.65. The van der Waals surface area contributed by atoms with E-state index in [9.17, 15) is 4.79 Å². The van der Waals surface area contributed by atoms with E-state index >= 15 is 0 Å². The highest BCUT2D eigenvalue weighted by molar-refractivity contribution is 7.99. The van der Waals surface area contributed by atoms with E-state index < -0.39 is 0 Å². The van der Waals surface area contributed by atoms with Crippen LogP contribution in [-0.4, -0.2) is 26.4 Å². The SMILES string of the molecule is CCn1c(C)nnc1SCC(N)=O. The Balaban J connectivity index is 2.70. The van der Waals surface area contributed by atoms with Gasteiger partial charge in [0.1, 0.15) is 5.82 Å². The van der Waals surface area contributed by atoms with Crippen LogP contribution in [0.4, 0.5) is 0 Å². The first kappa shape index (κ1) is 10.0. The third kappa shape index (κ3) is 2.45. The Morgan fingerprint density at radius 3 is 2.85 bits per heavy atom. The Hall–Kier alpha value is -1.04. The van der Waals surface area contributed by atoms with E-state index in [-0.39, 0.29) is 11.7 Å². The van der Waals surface area contributed by atoms with E-state index in [1.54, 1.807) is 0 Å². The molecule has 13 heavy (non-hydrogen) atoms. The van der Waals surface area contributed by atoms with Gasteiger partial charge in [-0.3, -0.25) is 4.79 Å². The number of aromatic nitrogens is 3. The number of carbonyl (C=O) groups excluding carboxylic acids is 1. The van der Waals surface area contributed by atoms with Crippen molar-refractivity contribution in [2.45, 2.75) is 25.5 Å². The van der Waals surface area contributed by atoms with Crippen molar-refractivity contribution in [2.24, 2.45) is 5.73 Å². The molecule has 0 unspecified atom stereocenters. The van der Waals surface area contributed by atoms with Crippen molar-refractivity contribution in [3.8, 4) is 0 Å². The number of nitrogens with two attached hydrogens (primary N) is 1. The van der Waals surface area contributed by atoms with Crippen molar-refractivity contribution < 1.29 is 4.79 Å². The fourth-order valence-corrected chi connectivity index (χ4v) is 1.76. The van der Waals surface area contributed by atoms with Gasteiger partial charge in [0.15, 0.2) is 5.16 Å². The summed E-state index contributed by atoms with van der Waals surface area (Å²) in [5, 5.41) is 8.58. The number of aryl methyl sites for hydroxylation is 1. The molecule has 5 nitrogen and oxygen atoms in total. The quantitative estimate of drug-likeness (QED) is 0.704. The molecule has 0 fully saturated rings. The molecule has 0 radical (unpaired) electrons. The number of primary amides is 1. The summed E-state index contributed by atoms with van der Waals surface area (Å²) < 4.78 is 1.94. The van der Waals surface area contributed by atoms with Gasteiger partial charge in [0, 0.05) is 6.54 Å². The molecular weight excluding hydrogens is 188 g/mol. The van der Waals surface area contributed by atoms with Crippen LogP contribution in [0.3, 0.4) is 0 Å². The normalized spacial score (nSPS) is 10.3. The number of carbonyl (C=O) groups is 1. The molecule has 0 saturated heterocycles. The van der Waals surface area contributed by atoms with Gasteiger partial charge in [-0.25, -0.2) is 0 Å². The van der Waals surface area contributed by atoms with Gasteiger partial charge in [-0.15, -0.1) is 10.2 Å². The van der Waals surface area contributed by atoms with E-state index in [0.29, 0.717) is 0 Å². The van der Waals surface area contributed by atoms with E-state index in [4.69, 9.17) is 5.73 Å². The maximum Gasteiger partial charge on any atom is 0.227 e. The molecule has 1 rings (SSSR count). The molecule has 0 spiro atoms. The maximum absolute atomic E-state index is 10.5. The van der Waals surface area contributed by atoms with E-state index in [0.717, 1.165) is 17.5 Å². The number of hydrogen-bond acceptors (Lipinski definition) is 4. The first-order chi connectivity index (χ1) is 6.15. The summed E-state index contributed by atoms with van der Waals surface area (Å²) in [6, 6.07) is 0. The predicted octanol–water partition coefficient (Wildman–Crippen LogP) is 0.184. The van der Waals surface area contributed by atoms with Crippen molar-refractivity contribution in [1.82, 2.24) is 14.8 Å². The summed E-state index contributed by atoms with van der Waals surface area (Å²) in [7, 11) is 0. The predicted molar refractivity (Wildman–Crippen MR) is 50.4 cm³/mol. The first-order valence-corrected chi connectivity index (χ1v) is 4.94. The average Bonchev–Trinajstić information content (AvgIpc) is 2.42. The molecule has 0 aromatic carbocycles. The molecule has 0 atom stereocenters. The molecule has 0 aliphatic carbocycles. The van der Waals surface area contributed by atoms with Gasteiger partial charge in [0.25, 0.3) is 0 Å². The van der Waals surface area contributed by atoms with Crippen LogP contribution in [-0.2, 0) is 11.3 Å². The minimum absolute atomic E-state index is 0.248. The van der Waals surface area contributed by atoms with Gasteiger partial charge in [0.05, 0.1) is 5.75 Å². The van der Waals surface area contributed by atoms with Crippen LogP contribution in [0.1, 0.15) is 12.7 Å². The molecule has 1 heterocycles. The molecule has 6 heteroatoms. The van der Waals surface area contributed by atoms with Crippen LogP contribution in [0.2, 0.25) is 0 Å². The van der Waals surface area contributed by atoms with E-state index in [1.807, 2.05) is 18.4 Å². The molecule has 1 aromatic rings. The highest BCUT2D eigenvalue weighted by Gasteiger charge is 2.08. The minimum atomic E-state index is -0.340. The minimum Gasteiger partial charge on any atom is -0.369 e. The van der Waals surface area contributed by atoms with Gasteiger partial charge >= 0.3 is 0 Å². The molecular formula is C7H12N4OS. The molecule has 72 valence electrons. The molecule has 0 aliphatic rings. The lowest BCUT2D eigenvalue weighted by Crippen LogP contribution is -2.13. The Bertz CT molecular complexity index is 309. The van der Waals surface area contributed by atoms with Gasteiger partial charge in [-0.2, -0.15) is 0 Å². The Kier molecular flexibility index (Phi) is 3.30. The second kappa shape index (κ2) is 4.27. The number of thioether (sulfide) groups is 1. The summed E-state index contributed by atoms with van der Waals surface area (Å²) in [5.74, 6) is 0.765. The number of hydrogen-bond donors (Lipinski definition) is 1. The highest BCUT2D eigenvalue weighted by Crippen LogP contribution is 2.15. The summed E-state index contributed by atoms with van der Waals surface area (Å²) in [6.07, 6.45) is 0. The Labute approximate surface area is 80.7 Å². The van der Waals surface area contributed by atoms with Crippen LogP contribution >= 0.6 is 11.8 Å². The summed E-state index contributed by atoms with van der Waals surface area (Å²) in [6.45, 7) is 4.69.